The number of carbonyl (C=O) groups is 2. The number of benzene rings is 1. The number of hydrogen-bond acceptors (Lipinski definition) is 4. The van der Waals surface area contributed by atoms with E-state index < -0.39 is 28.5 Å². The molecular weight excluding hydrogens is 308 g/mol. The van der Waals surface area contributed by atoms with Gasteiger partial charge in [-0.25, -0.2) is 18.6 Å². The Morgan fingerprint density at radius 1 is 1.25 bits per heavy atom. The highest BCUT2D eigenvalue weighted by Gasteiger charge is 2.22. The Morgan fingerprint density at radius 2 is 1.80 bits per heavy atom. The maximum atomic E-state index is 12.1. The monoisotopic (exact) mass is 320 g/mol. The Labute approximate surface area is 120 Å². The predicted molar refractivity (Wildman–Crippen MR) is 72.1 cm³/mol. The summed E-state index contributed by atoms with van der Waals surface area (Å²) in [6, 6.07) is 4.55. The van der Waals surface area contributed by atoms with E-state index in [1.165, 1.54) is 31.3 Å². The third-order valence-corrected chi connectivity index (χ3v) is 4.28. The molecule has 0 saturated carbocycles. The highest BCUT2D eigenvalue weighted by atomic mass is 35.5. The number of rotatable bonds is 4. The van der Waals surface area contributed by atoms with Crippen molar-refractivity contribution in [3.05, 3.63) is 29.3 Å². The van der Waals surface area contributed by atoms with Gasteiger partial charge in [-0.3, -0.25) is 10.2 Å². The summed E-state index contributed by atoms with van der Waals surface area (Å²) < 4.78 is 25.0. The largest absolute Gasteiger partial charge is 0.350 e. The van der Waals surface area contributed by atoms with Gasteiger partial charge in [0.25, 0.3) is 5.91 Å². The van der Waals surface area contributed by atoms with Gasteiger partial charge in [0.2, 0.25) is 10.0 Å². The van der Waals surface area contributed by atoms with Crippen LogP contribution in [0.25, 0.3) is 0 Å². The number of hydrazine groups is 1. The molecule has 0 aromatic heterocycles. The number of urea groups is 1. The molecule has 8 nitrogen and oxygen atoms in total. The lowest BCUT2D eigenvalue weighted by Crippen LogP contribution is -2.48. The van der Waals surface area contributed by atoms with E-state index in [2.05, 4.69) is 0 Å². The van der Waals surface area contributed by atoms with Crippen molar-refractivity contribution in [1.29, 1.82) is 0 Å². The number of likely N-dealkylation sites (N-methyl/N-ethyl adjacent to an activating group) is 1. The average Bonchev–Trinajstić information content (AvgIpc) is 2.36. The number of carbonyl (C=O) groups excluding carboxylic acids is 2. The van der Waals surface area contributed by atoms with Crippen LogP contribution in [-0.2, 0) is 14.8 Å². The van der Waals surface area contributed by atoms with Crippen LogP contribution in [0.2, 0.25) is 5.02 Å². The lowest BCUT2D eigenvalue weighted by atomic mass is 10.4. The first kappa shape index (κ1) is 16.2. The second kappa shape index (κ2) is 6.55. The van der Waals surface area contributed by atoms with Crippen molar-refractivity contribution in [3.63, 3.8) is 0 Å². The number of hydrogen-bond donors (Lipinski definition) is 3. The van der Waals surface area contributed by atoms with Crippen molar-refractivity contribution < 1.29 is 18.0 Å². The average molecular weight is 321 g/mol. The van der Waals surface area contributed by atoms with Crippen LogP contribution in [-0.4, -0.2) is 38.3 Å². The molecule has 10 heteroatoms. The van der Waals surface area contributed by atoms with Gasteiger partial charge < -0.3 is 5.73 Å². The molecule has 0 aliphatic heterocycles. The van der Waals surface area contributed by atoms with Gasteiger partial charge in [-0.1, -0.05) is 11.6 Å². The van der Waals surface area contributed by atoms with Gasteiger partial charge in [0.1, 0.15) is 0 Å². The first-order chi connectivity index (χ1) is 9.23. The van der Waals surface area contributed by atoms with Crippen LogP contribution in [0.5, 0.6) is 0 Å². The summed E-state index contributed by atoms with van der Waals surface area (Å²) in [4.78, 5) is 21.8. The molecule has 1 rings (SSSR count). The van der Waals surface area contributed by atoms with E-state index in [4.69, 9.17) is 17.3 Å². The summed E-state index contributed by atoms with van der Waals surface area (Å²) in [6.45, 7) is -0.481. The molecule has 0 fully saturated rings. The van der Waals surface area contributed by atoms with Crippen LogP contribution in [0.4, 0.5) is 4.79 Å². The van der Waals surface area contributed by atoms with E-state index in [9.17, 15) is 18.0 Å². The normalized spacial score (nSPS) is 11.2. The Balaban J connectivity index is 2.75. The maximum Gasteiger partial charge on any atom is 0.330 e. The van der Waals surface area contributed by atoms with Crippen LogP contribution in [0, 0.1) is 0 Å². The third kappa shape index (κ3) is 4.37. The van der Waals surface area contributed by atoms with Crippen molar-refractivity contribution in [2.24, 2.45) is 5.73 Å². The Bertz CT molecular complexity index is 602. The highest BCUT2D eigenvalue weighted by molar-refractivity contribution is 7.89. The van der Waals surface area contributed by atoms with Gasteiger partial charge in [0.05, 0.1) is 11.4 Å². The Morgan fingerprint density at radius 3 is 2.30 bits per heavy atom. The topological polar surface area (TPSA) is 122 Å². The predicted octanol–water partition coefficient (Wildman–Crippen LogP) is -0.340. The summed E-state index contributed by atoms with van der Waals surface area (Å²) in [5.74, 6) is -0.733. The molecule has 0 unspecified atom stereocenters. The number of primary amides is 1. The third-order valence-electron chi connectivity index (χ3n) is 2.21. The number of amides is 3. The maximum absolute atomic E-state index is 12.1. The van der Waals surface area contributed by atoms with Gasteiger partial charge in [0.15, 0.2) is 0 Å². The molecule has 0 atom stereocenters. The lowest BCUT2D eigenvalue weighted by molar-refractivity contribution is -0.121. The number of halogens is 1. The van der Waals surface area contributed by atoms with Crippen molar-refractivity contribution in [3.8, 4) is 0 Å². The fourth-order valence-electron chi connectivity index (χ4n) is 1.24. The smallest absolute Gasteiger partial charge is 0.330 e. The van der Waals surface area contributed by atoms with Gasteiger partial charge in [0, 0.05) is 12.1 Å². The summed E-state index contributed by atoms with van der Waals surface area (Å²) in [5, 5.41) is 0.398. The van der Waals surface area contributed by atoms with Gasteiger partial charge >= 0.3 is 6.03 Å². The quantitative estimate of drug-likeness (QED) is 0.657. The number of nitrogens with zero attached hydrogens (tertiary/aromatic N) is 1. The van der Waals surface area contributed by atoms with E-state index in [0.29, 0.717) is 5.02 Å². The van der Waals surface area contributed by atoms with Crippen molar-refractivity contribution >= 4 is 33.6 Å². The van der Waals surface area contributed by atoms with E-state index in [1.54, 1.807) is 0 Å². The van der Waals surface area contributed by atoms with E-state index >= 15 is 0 Å². The van der Waals surface area contributed by atoms with Gasteiger partial charge in [-0.15, -0.1) is 0 Å². The van der Waals surface area contributed by atoms with Crippen molar-refractivity contribution in [2.75, 3.05) is 13.6 Å². The van der Waals surface area contributed by atoms with Gasteiger partial charge in [-0.2, -0.15) is 4.31 Å². The molecular formula is C10H13ClN4O4S. The molecule has 0 aliphatic rings. The molecule has 0 spiro atoms. The zero-order valence-electron chi connectivity index (χ0n) is 10.5. The minimum atomic E-state index is -3.82. The summed E-state index contributed by atoms with van der Waals surface area (Å²) in [6.07, 6.45) is 0. The molecule has 4 N–H and O–H groups in total. The summed E-state index contributed by atoms with van der Waals surface area (Å²) in [7, 11) is -2.59. The zero-order valence-corrected chi connectivity index (χ0v) is 12.0. The summed E-state index contributed by atoms with van der Waals surface area (Å²) >= 11 is 5.67. The minimum absolute atomic E-state index is 0.0000560. The SMILES string of the molecule is CN(CC(=O)NNC(N)=O)S(=O)(=O)c1ccc(Cl)cc1. The molecule has 3 amide bonds. The molecule has 0 aliphatic carbocycles. The van der Waals surface area contributed by atoms with E-state index in [1.807, 2.05) is 10.9 Å². The molecule has 0 radical (unpaired) electrons. The fraction of sp³-hybridized carbons (Fsp3) is 0.200. The Kier molecular flexibility index (Phi) is 5.31. The lowest BCUT2D eigenvalue weighted by Gasteiger charge is -2.16. The van der Waals surface area contributed by atoms with Crippen LogP contribution < -0.4 is 16.6 Å². The van der Waals surface area contributed by atoms with Crippen molar-refractivity contribution in [1.82, 2.24) is 15.2 Å². The number of nitrogens with one attached hydrogen (secondary N) is 2. The molecule has 1 aromatic carbocycles. The molecule has 1 aromatic rings. The van der Waals surface area contributed by atoms with Crippen molar-refractivity contribution in [2.45, 2.75) is 4.90 Å². The first-order valence-electron chi connectivity index (χ1n) is 5.29. The number of sulfonamides is 1. The first-order valence-corrected chi connectivity index (χ1v) is 7.11. The summed E-state index contributed by atoms with van der Waals surface area (Å²) in [5.41, 5.74) is 8.56. The molecule has 20 heavy (non-hydrogen) atoms. The molecule has 0 bridgehead atoms. The second-order valence-electron chi connectivity index (χ2n) is 3.75. The van der Waals surface area contributed by atoms with Crippen LogP contribution in [0.1, 0.15) is 0 Å². The Hall–Kier alpha value is -1.84. The molecule has 0 heterocycles. The van der Waals surface area contributed by atoms with Crippen LogP contribution in [0.15, 0.2) is 29.2 Å². The standard InChI is InChI=1S/C10H13ClN4O4S/c1-15(6-9(16)13-14-10(12)17)20(18,19)8-4-2-7(11)3-5-8/h2-5H,6H2,1H3,(H,13,16)(H3,12,14,17). The van der Waals surface area contributed by atoms with Crippen LogP contribution in [0.3, 0.4) is 0 Å². The number of nitrogens with two attached hydrogens (primary N) is 1. The fourth-order valence-corrected chi connectivity index (χ4v) is 2.50. The highest BCUT2D eigenvalue weighted by Crippen LogP contribution is 2.17. The van der Waals surface area contributed by atoms with E-state index in [-0.39, 0.29) is 4.90 Å². The second-order valence-corrected chi connectivity index (χ2v) is 6.23. The van der Waals surface area contributed by atoms with Crippen LogP contribution >= 0.6 is 11.6 Å². The zero-order chi connectivity index (χ0) is 15.3. The van der Waals surface area contributed by atoms with Gasteiger partial charge in [-0.05, 0) is 24.3 Å². The molecule has 0 saturated heterocycles. The minimum Gasteiger partial charge on any atom is -0.350 e. The molecule has 110 valence electrons. The van der Waals surface area contributed by atoms with E-state index in [0.717, 1.165) is 4.31 Å².